The molecule has 0 bridgehead atoms. The highest BCUT2D eigenvalue weighted by Crippen LogP contribution is 2.67. The van der Waals surface area contributed by atoms with Crippen LogP contribution in [-0.2, 0) is 9.53 Å². The number of ether oxygens (including phenoxy) is 1. The van der Waals surface area contributed by atoms with Gasteiger partial charge >= 0.3 is 5.97 Å². The number of hydrogen-bond acceptors (Lipinski definition) is 4. The zero-order chi connectivity index (χ0) is 23.8. The van der Waals surface area contributed by atoms with E-state index in [0.29, 0.717) is 23.3 Å². The molecule has 3 fully saturated rings. The highest BCUT2D eigenvalue weighted by Gasteiger charge is 2.63. The Morgan fingerprint density at radius 2 is 1.88 bits per heavy atom. The number of nitrogens with zero attached hydrogens (tertiary/aromatic N) is 2. The van der Waals surface area contributed by atoms with Crippen LogP contribution in [0.3, 0.4) is 0 Å². The van der Waals surface area contributed by atoms with Crippen LogP contribution in [0.1, 0.15) is 72.6 Å². The molecule has 0 N–H and O–H groups in total. The lowest BCUT2D eigenvalue weighted by molar-refractivity contribution is -0.148. The summed E-state index contributed by atoms with van der Waals surface area (Å²) in [6, 6.07) is 8.52. The Balaban J connectivity index is 1.27. The summed E-state index contributed by atoms with van der Waals surface area (Å²) in [7, 11) is 0. The van der Waals surface area contributed by atoms with E-state index in [1.807, 2.05) is 12.1 Å². The van der Waals surface area contributed by atoms with E-state index in [-0.39, 0.29) is 17.5 Å². The van der Waals surface area contributed by atoms with E-state index < -0.39 is 0 Å². The summed E-state index contributed by atoms with van der Waals surface area (Å²) in [5.41, 5.74) is 4.72. The summed E-state index contributed by atoms with van der Waals surface area (Å²) in [5, 5.41) is 8.24. The van der Waals surface area contributed by atoms with E-state index in [2.05, 4.69) is 44.0 Å². The van der Waals surface area contributed by atoms with Gasteiger partial charge in [0.2, 0.25) is 0 Å². The second-order valence-corrected chi connectivity index (χ2v) is 12.5. The van der Waals surface area contributed by atoms with Crippen LogP contribution in [0.5, 0.6) is 0 Å². The van der Waals surface area contributed by atoms with E-state index in [9.17, 15) is 4.79 Å². The van der Waals surface area contributed by atoms with Crippen LogP contribution in [0.4, 0.5) is 5.69 Å². The van der Waals surface area contributed by atoms with Crippen molar-refractivity contribution in [3.05, 3.63) is 40.9 Å². The summed E-state index contributed by atoms with van der Waals surface area (Å²) >= 11 is 6.14. The fraction of sp³-hybridized carbons (Fsp3) is 0.655. The zero-order valence-corrected chi connectivity index (χ0v) is 21.6. The van der Waals surface area contributed by atoms with Crippen molar-refractivity contribution < 1.29 is 9.53 Å². The minimum absolute atomic E-state index is 0.0714. The van der Waals surface area contributed by atoms with Crippen molar-refractivity contribution in [3.8, 4) is 0 Å². The average Bonchev–Trinajstić information content (AvgIpc) is 3.28. The first-order chi connectivity index (χ1) is 16.2. The van der Waals surface area contributed by atoms with Gasteiger partial charge < -0.3 is 4.74 Å². The van der Waals surface area contributed by atoms with Gasteiger partial charge in [0, 0.05) is 30.0 Å². The number of benzene rings is 1. The molecule has 5 heteroatoms. The maximum atomic E-state index is 11.5. The monoisotopic (exact) mass is 480 g/mol. The van der Waals surface area contributed by atoms with Crippen LogP contribution >= 0.6 is 11.6 Å². The molecule has 0 unspecified atom stereocenters. The van der Waals surface area contributed by atoms with Crippen molar-refractivity contribution in [2.24, 2.45) is 39.6 Å². The van der Waals surface area contributed by atoms with Gasteiger partial charge in [-0.25, -0.2) is 0 Å². The minimum atomic E-state index is -0.142. The van der Waals surface area contributed by atoms with E-state index in [0.717, 1.165) is 48.2 Å². The largest absolute Gasteiger partial charge is 0.462 e. The number of hydrogen-bond donors (Lipinski definition) is 0. The molecule has 5 aliphatic rings. The molecule has 0 saturated heterocycles. The lowest BCUT2D eigenvalue weighted by Gasteiger charge is -2.58. The third-order valence-electron chi connectivity index (χ3n) is 10.5. The molecule has 4 aliphatic carbocycles. The molecule has 1 aromatic rings. The van der Waals surface area contributed by atoms with E-state index >= 15 is 0 Å². The molecule has 0 spiro atoms. The molecular formula is C29H37ClN2O2. The van der Waals surface area contributed by atoms with Crippen molar-refractivity contribution in [1.82, 2.24) is 0 Å². The van der Waals surface area contributed by atoms with Crippen LogP contribution in [0.2, 0.25) is 5.02 Å². The number of allylic oxidation sites excluding steroid dienone is 1. The van der Waals surface area contributed by atoms with Gasteiger partial charge in [0.1, 0.15) is 6.10 Å². The zero-order valence-electron chi connectivity index (χ0n) is 20.9. The number of esters is 1. The first-order valence-corrected chi connectivity index (χ1v) is 13.6. The molecule has 1 aromatic carbocycles. The smallest absolute Gasteiger partial charge is 0.302 e. The number of fused-ring (bicyclic) bond motifs is 7. The molecule has 34 heavy (non-hydrogen) atoms. The Hall–Kier alpha value is -1.81. The number of rotatable bonds is 2. The van der Waals surface area contributed by atoms with Gasteiger partial charge in [0.05, 0.1) is 11.7 Å². The summed E-state index contributed by atoms with van der Waals surface area (Å²) < 4.78 is 5.61. The topological polar surface area (TPSA) is 41.9 Å². The average molecular weight is 481 g/mol. The number of carbonyl (C=O) groups is 1. The molecule has 4 nitrogen and oxygen atoms in total. The second-order valence-electron chi connectivity index (χ2n) is 12.1. The molecule has 0 radical (unpaired) electrons. The SMILES string of the molecule is CC(=O)O[C@H]1CC[C@@]2(C)C(=CC[C@H]3[C@@H]4CC5=NN(c6ccc(Cl)cc6)[C@@H](C)[C@@H]5[C@@]4(C)CC[C@@H]32)C1. The minimum Gasteiger partial charge on any atom is -0.462 e. The quantitative estimate of drug-likeness (QED) is 0.337. The van der Waals surface area contributed by atoms with E-state index in [1.165, 1.54) is 31.9 Å². The van der Waals surface area contributed by atoms with Crippen LogP contribution < -0.4 is 5.01 Å². The number of halogens is 1. The van der Waals surface area contributed by atoms with Crippen LogP contribution in [0.15, 0.2) is 41.0 Å². The molecule has 3 saturated carbocycles. The molecule has 6 rings (SSSR count). The Morgan fingerprint density at radius 1 is 1.12 bits per heavy atom. The van der Waals surface area contributed by atoms with Gasteiger partial charge in [-0.2, -0.15) is 5.10 Å². The fourth-order valence-electron chi connectivity index (χ4n) is 9.00. The standard InChI is InChI=1S/C29H37ClN2O2/c1-17-27-26(31-32(17)21-8-6-20(30)7-9-21)16-25-23-10-5-19-15-22(34-18(2)33)11-13-28(19,3)24(23)12-14-29(25,27)4/h5-9,17,22-25,27H,10-16H2,1-4H3/t17-,22-,23+,24-,25-,27-,28-,29-/m0/s1. The van der Waals surface area contributed by atoms with Crippen LogP contribution in [0.25, 0.3) is 0 Å². The second kappa shape index (κ2) is 7.85. The fourth-order valence-corrected chi connectivity index (χ4v) is 9.13. The molecule has 8 atom stereocenters. The van der Waals surface area contributed by atoms with Gasteiger partial charge in [0.15, 0.2) is 0 Å². The first kappa shape index (κ1) is 22.6. The van der Waals surface area contributed by atoms with E-state index in [1.54, 1.807) is 5.57 Å². The molecule has 0 amide bonds. The van der Waals surface area contributed by atoms with Crippen molar-refractivity contribution >= 4 is 29.0 Å². The maximum Gasteiger partial charge on any atom is 0.302 e. The molecule has 182 valence electrons. The van der Waals surface area contributed by atoms with Crippen molar-refractivity contribution in [3.63, 3.8) is 0 Å². The summed E-state index contributed by atoms with van der Waals surface area (Å²) in [5.74, 6) is 2.59. The number of anilines is 1. The Kier molecular flexibility index (Phi) is 5.23. The summed E-state index contributed by atoms with van der Waals surface area (Å²) in [6.07, 6.45) is 10.6. The molecular weight excluding hydrogens is 444 g/mol. The third-order valence-corrected chi connectivity index (χ3v) is 10.8. The lowest BCUT2D eigenvalue weighted by Crippen LogP contribution is -2.52. The first-order valence-electron chi connectivity index (χ1n) is 13.2. The van der Waals surface area contributed by atoms with E-state index in [4.69, 9.17) is 21.4 Å². The number of hydrazone groups is 1. The molecule has 0 aromatic heterocycles. The summed E-state index contributed by atoms with van der Waals surface area (Å²) in [6.45, 7) is 8.99. The molecule has 1 heterocycles. The predicted molar refractivity (Wildman–Crippen MR) is 137 cm³/mol. The lowest BCUT2D eigenvalue weighted by atomic mass is 9.47. The van der Waals surface area contributed by atoms with Gasteiger partial charge in [-0.3, -0.25) is 9.80 Å². The Morgan fingerprint density at radius 3 is 2.62 bits per heavy atom. The Bertz CT molecular complexity index is 1060. The van der Waals surface area contributed by atoms with Gasteiger partial charge in [-0.15, -0.1) is 0 Å². The van der Waals surface area contributed by atoms with Crippen molar-refractivity contribution in [2.75, 3.05) is 5.01 Å². The predicted octanol–water partition coefficient (Wildman–Crippen LogP) is 7.03. The van der Waals surface area contributed by atoms with Crippen molar-refractivity contribution in [2.45, 2.75) is 84.8 Å². The highest BCUT2D eigenvalue weighted by molar-refractivity contribution is 6.30. The normalized spacial score (nSPS) is 42.7. The highest BCUT2D eigenvalue weighted by atomic mass is 35.5. The third kappa shape index (κ3) is 3.23. The molecule has 1 aliphatic heterocycles. The van der Waals surface area contributed by atoms with Gasteiger partial charge in [-0.05, 0) is 98.3 Å². The summed E-state index contributed by atoms with van der Waals surface area (Å²) in [4.78, 5) is 11.5. The Labute approximate surface area is 208 Å². The van der Waals surface area contributed by atoms with Crippen LogP contribution in [-0.4, -0.2) is 23.8 Å². The van der Waals surface area contributed by atoms with Gasteiger partial charge in [-0.1, -0.05) is 37.1 Å². The van der Waals surface area contributed by atoms with Crippen LogP contribution in [0, 0.1) is 34.5 Å². The van der Waals surface area contributed by atoms with Gasteiger partial charge in [0.25, 0.3) is 0 Å². The number of carbonyl (C=O) groups excluding carboxylic acids is 1. The van der Waals surface area contributed by atoms with Crippen molar-refractivity contribution in [1.29, 1.82) is 0 Å². The maximum absolute atomic E-state index is 11.5.